The molecule has 0 aliphatic carbocycles. The molecule has 0 aliphatic heterocycles. The molecule has 0 fully saturated rings. The van der Waals surface area contributed by atoms with Crippen molar-refractivity contribution in [1.82, 2.24) is 0 Å². The summed E-state index contributed by atoms with van der Waals surface area (Å²) in [4.78, 5) is 28.5. The Morgan fingerprint density at radius 1 is 1.31 bits per heavy atom. The van der Waals surface area contributed by atoms with Gasteiger partial charge in [-0.25, -0.2) is 9.59 Å². The molecule has 9 N–H and O–H groups in total. The van der Waals surface area contributed by atoms with Gasteiger partial charge in [0, 0.05) is 0 Å². The second-order valence-electron chi connectivity index (χ2n) is 2.15. The van der Waals surface area contributed by atoms with Gasteiger partial charge in [-0.15, -0.1) is 0 Å². The third-order valence-corrected chi connectivity index (χ3v) is 1.28. The fourth-order valence-corrected chi connectivity index (χ4v) is 0.474. The minimum absolute atomic E-state index is 1.28. The summed E-state index contributed by atoms with van der Waals surface area (Å²) in [5.74, 6) is 6.08. The molecule has 0 aliphatic rings. The maximum absolute atomic E-state index is 10.6. The summed E-state index contributed by atoms with van der Waals surface area (Å²) in [6.07, 6.45) is 0. The highest BCUT2D eigenvalue weighted by atomic mass is 16.7. The van der Waals surface area contributed by atoms with Crippen LogP contribution in [-0.2, 0) is 19.3 Å². The average Bonchev–Trinajstić information content (AvgIpc) is 2.13. The number of rotatable bonds is 3. The fraction of sp³-hybridized carbons (Fsp3) is 0.500. The van der Waals surface area contributed by atoms with Gasteiger partial charge >= 0.3 is 11.9 Å². The highest BCUT2D eigenvalue weighted by Gasteiger charge is 2.45. The second-order valence-corrected chi connectivity index (χ2v) is 2.15. The van der Waals surface area contributed by atoms with Crippen LogP contribution in [0.5, 0.6) is 0 Å². The van der Waals surface area contributed by atoms with Crippen molar-refractivity contribution < 1.29 is 24.4 Å². The van der Waals surface area contributed by atoms with Crippen LogP contribution in [0.1, 0.15) is 0 Å². The van der Waals surface area contributed by atoms with Crippen molar-refractivity contribution in [3.05, 3.63) is 0 Å². The number of hydrogen-bond donors (Lipinski definition) is 5. The van der Waals surface area contributed by atoms with E-state index in [2.05, 4.69) is 21.5 Å². The predicted octanol–water partition coefficient (Wildman–Crippen LogP) is -4.21. The zero-order chi connectivity index (χ0) is 10.6. The van der Waals surface area contributed by atoms with E-state index < -0.39 is 23.7 Å². The van der Waals surface area contributed by atoms with Crippen LogP contribution in [0.3, 0.4) is 0 Å². The van der Waals surface area contributed by atoms with Crippen LogP contribution in [0.25, 0.3) is 0 Å². The lowest BCUT2D eigenvalue weighted by atomic mass is 10.1. The van der Waals surface area contributed by atoms with E-state index in [4.69, 9.17) is 16.6 Å². The molecule has 0 spiro atoms. The van der Waals surface area contributed by atoms with Crippen molar-refractivity contribution in [2.24, 2.45) is 23.3 Å². The van der Waals surface area contributed by atoms with E-state index in [1.807, 2.05) is 0 Å². The van der Waals surface area contributed by atoms with Gasteiger partial charge in [0.2, 0.25) is 5.72 Å². The first-order valence-electron chi connectivity index (χ1n) is 2.96. The summed E-state index contributed by atoms with van der Waals surface area (Å²) in [5, 5.41) is 9.09. The Morgan fingerprint density at radius 3 is 2.08 bits per heavy atom. The Labute approximate surface area is 72.4 Å². The molecular formula is C4H10N4O5. The number of hydrogen-bond acceptors (Lipinski definition) is 9. The van der Waals surface area contributed by atoms with Gasteiger partial charge in [0.1, 0.15) is 0 Å². The summed E-state index contributed by atoms with van der Waals surface area (Å²) < 4.78 is 0. The van der Waals surface area contributed by atoms with Gasteiger partial charge in [-0.05, 0) is 0 Å². The van der Waals surface area contributed by atoms with Gasteiger partial charge in [-0.1, -0.05) is 0 Å². The van der Waals surface area contributed by atoms with Gasteiger partial charge in [0.15, 0.2) is 6.04 Å². The SMILES string of the molecule is NOC(=O)C(N)C(N)(O)C(=O)ON. The first-order chi connectivity index (χ1) is 5.87. The monoisotopic (exact) mass is 194 g/mol. The molecule has 0 saturated heterocycles. The molecule has 0 saturated carbocycles. The maximum atomic E-state index is 10.6. The molecule has 2 unspecified atom stereocenters. The van der Waals surface area contributed by atoms with E-state index in [9.17, 15) is 9.59 Å². The smallest absolute Gasteiger partial charge is 0.372 e. The van der Waals surface area contributed by atoms with E-state index in [0.717, 1.165) is 0 Å². The summed E-state index contributed by atoms with van der Waals surface area (Å²) >= 11 is 0. The van der Waals surface area contributed by atoms with E-state index in [1.165, 1.54) is 0 Å². The summed E-state index contributed by atoms with van der Waals surface area (Å²) in [6.45, 7) is 0. The van der Waals surface area contributed by atoms with Crippen LogP contribution in [0, 0.1) is 0 Å². The van der Waals surface area contributed by atoms with E-state index in [0.29, 0.717) is 0 Å². The molecule has 0 amide bonds. The Bertz CT molecular complexity index is 217. The largest absolute Gasteiger partial charge is 0.374 e. The molecule has 76 valence electrons. The maximum Gasteiger partial charge on any atom is 0.374 e. The first-order valence-corrected chi connectivity index (χ1v) is 2.96. The minimum Gasteiger partial charge on any atom is -0.372 e. The first kappa shape index (κ1) is 11.7. The lowest BCUT2D eigenvalue weighted by Gasteiger charge is -2.23. The van der Waals surface area contributed by atoms with Gasteiger partial charge < -0.3 is 20.5 Å². The topological polar surface area (TPSA) is 177 Å². The van der Waals surface area contributed by atoms with E-state index in [1.54, 1.807) is 0 Å². The number of aliphatic hydroxyl groups is 1. The van der Waals surface area contributed by atoms with Crippen LogP contribution in [0.15, 0.2) is 0 Å². The van der Waals surface area contributed by atoms with Gasteiger partial charge in [0.05, 0.1) is 0 Å². The summed E-state index contributed by atoms with van der Waals surface area (Å²) in [6, 6.07) is -1.88. The quantitative estimate of drug-likeness (QED) is 0.220. The van der Waals surface area contributed by atoms with Crippen molar-refractivity contribution in [2.75, 3.05) is 0 Å². The van der Waals surface area contributed by atoms with Crippen LogP contribution in [0.4, 0.5) is 0 Å². The molecule has 13 heavy (non-hydrogen) atoms. The number of carbonyl (C=O) groups excluding carboxylic acids is 2. The highest BCUT2D eigenvalue weighted by Crippen LogP contribution is 2.03. The molecule has 0 radical (unpaired) electrons. The molecule has 0 heterocycles. The fourth-order valence-electron chi connectivity index (χ4n) is 0.474. The van der Waals surface area contributed by atoms with Crippen LogP contribution in [0.2, 0.25) is 0 Å². The molecule has 0 aromatic rings. The molecule has 2 atom stereocenters. The normalized spacial score (nSPS) is 17.0. The molecule has 0 bridgehead atoms. The van der Waals surface area contributed by atoms with Crippen LogP contribution in [-0.4, -0.2) is 28.8 Å². The van der Waals surface area contributed by atoms with Crippen molar-refractivity contribution >= 4 is 11.9 Å². The van der Waals surface area contributed by atoms with Crippen molar-refractivity contribution in [3.63, 3.8) is 0 Å². The molecule has 0 rings (SSSR count). The Morgan fingerprint density at radius 2 is 1.77 bits per heavy atom. The van der Waals surface area contributed by atoms with Crippen molar-refractivity contribution in [1.29, 1.82) is 0 Å². The number of nitrogens with two attached hydrogens (primary N) is 4. The zero-order valence-corrected chi connectivity index (χ0v) is 6.47. The summed E-state index contributed by atoms with van der Waals surface area (Å²) in [7, 11) is 0. The average molecular weight is 194 g/mol. The standard InChI is InChI=1S/C4H10N4O5/c5-1(2(9)12-7)4(6,11)3(10)13-8/h1,11H,5-8H2. The predicted molar refractivity (Wildman–Crippen MR) is 37.7 cm³/mol. The van der Waals surface area contributed by atoms with Gasteiger partial charge in [-0.3, -0.25) is 5.73 Å². The Kier molecular flexibility index (Phi) is 3.71. The lowest BCUT2D eigenvalue weighted by Crippen LogP contribution is -2.65. The Balaban J connectivity index is 4.62. The van der Waals surface area contributed by atoms with Gasteiger partial charge in [-0.2, -0.15) is 11.8 Å². The number of carbonyl (C=O) groups is 2. The second kappa shape index (κ2) is 4.11. The van der Waals surface area contributed by atoms with E-state index >= 15 is 0 Å². The van der Waals surface area contributed by atoms with Crippen LogP contribution < -0.4 is 23.3 Å². The molecular weight excluding hydrogens is 184 g/mol. The zero-order valence-electron chi connectivity index (χ0n) is 6.47. The van der Waals surface area contributed by atoms with Crippen molar-refractivity contribution in [3.8, 4) is 0 Å². The molecule has 9 nitrogen and oxygen atoms in total. The van der Waals surface area contributed by atoms with E-state index in [-0.39, 0.29) is 0 Å². The molecule has 0 aromatic carbocycles. The van der Waals surface area contributed by atoms with Crippen LogP contribution >= 0.6 is 0 Å². The van der Waals surface area contributed by atoms with Gasteiger partial charge in [0.25, 0.3) is 0 Å². The minimum atomic E-state index is -2.77. The molecule has 9 heteroatoms. The third-order valence-electron chi connectivity index (χ3n) is 1.28. The Hall–Kier alpha value is -1.26. The third kappa shape index (κ3) is 2.34. The lowest BCUT2D eigenvalue weighted by molar-refractivity contribution is -0.175. The highest BCUT2D eigenvalue weighted by molar-refractivity contribution is 5.88. The summed E-state index contributed by atoms with van der Waals surface area (Å²) in [5.41, 5.74) is 7.13. The molecule has 0 aromatic heterocycles. The van der Waals surface area contributed by atoms with Crippen molar-refractivity contribution in [2.45, 2.75) is 11.8 Å².